The van der Waals surface area contributed by atoms with Gasteiger partial charge in [0.15, 0.2) is 5.88 Å². The van der Waals surface area contributed by atoms with Crippen molar-refractivity contribution in [3.05, 3.63) is 47.3 Å². The van der Waals surface area contributed by atoms with Crippen LogP contribution in [-0.4, -0.2) is 72.6 Å². The van der Waals surface area contributed by atoms with E-state index in [4.69, 9.17) is 19.4 Å². The minimum atomic E-state index is -0.595. The lowest BCUT2D eigenvalue weighted by atomic mass is 9.96. The van der Waals surface area contributed by atoms with Crippen LogP contribution in [0.4, 0.5) is 4.79 Å². The van der Waals surface area contributed by atoms with Gasteiger partial charge >= 0.3 is 6.09 Å². The largest absolute Gasteiger partial charge is 0.482 e. The van der Waals surface area contributed by atoms with Gasteiger partial charge in [0, 0.05) is 36.0 Å². The highest BCUT2D eigenvalue weighted by Crippen LogP contribution is 2.40. The maximum Gasteiger partial charge on any atom is 0.407 e. The summed E-state index contributed by atoms with van der Waals surface area (Å²) < 4.78 is 15.6. The Balaban J connectivity index is 1.23. The van der Waals surface area contributed by atoms with Crippen molar-refractivity contribution in [3.8, 4) is 17.3 Å². The lowest BCUT2D eigenvalue weighted by Crippen LogP contribution is -2.46. The van der Waals surface area contributed by atoms with Crippen molar-refractivity contribution in [3.63, 3.8) is 0 Å². The number of nitrogens with one attached hydrogen (secondary N) is 2. The average molecular weight is 684 g/mol. The molecule has 0 saturated carbocycles. The molecule has 4 aromatic rings. The fraction of sp³-hybridized carbons (Fsp3) is 0.553. The summed E-state index contributed by atoms with van der Waals surface area (Å²) in [5.74, 6) is 0.502. The van der Waals surface area contributed by atoms with E-state index in [1.807, 2.05) is 56.1 Å². The summed E-state index contributed by atoms with van der Waals surface area (Å²) in [4.78, 5) is 51.5. The van der Waals surface area contributed by atoms with Crippen molar-refractivity contribution >= 4 is 34.6 Å². The number of nitrogens with zero attached hydrogens (tertiary/aromatic N) is 5. The molecule has 2 fully saturated rings. The summed E-state index contributed by atoms with van der Waals surface area (Å²) in [5, 5.41) is 7.15. The number of aromatic nitrogens is 4. The predicted octanol–water partition coefficient (Wildman–Crippen LogP) is 6.47. The van der Waals surface area contributed by atoms with Gasteiger partial charge in [-0.25, -0.2) is 14.8 Å². The van der Waals surface area contributed by atoms with E-state index in [1.165, 1.54) is 0 Å². The Morgan fingerprint density at radius 1 is 1.02 bits per heavy atom. The zero-order valence-electron chi connectivity index (χ0n) is 30.0. The van der Waals surface area contributed by atoms with Gasteiger partial charge < -0.3 is 29.6 Å². The molecule has 2 saturated heterocycles. The maximum absolute atomic E-state index is 14.2. The highest BCUT2D eigenvalue weighted by molar-refractivity contribution is 5.97. The number of hydrogen-bond acceptors (Lipinski definition) is 7. The first-order valence-corrected chi connectivity index (χ1v) is 18.1. The Hall–Kier alpha value is -4.61. The maximum atomic E-state index is 14.2. The number of aryl methyl sites for hydroxylation is 2. The molecular weight excluding hydrogens is 634 g/mol. The number of amides is 3. The minimum Gasteiger partial charge on any atom is -0.482 e. The van der Waals surface area contributed by atoms with E-state index in [0.717, 1.165) is 85.3 Å². The topological polar surface area (TPSA) is 132 Å². The third-order valence-corrected chi connectivity index (χ3v) is 10.5. The molecule has 266 valence electrons. The lowest BCUT2D eigenvalue weighted by molar-refractivity contribution is -0.121. The smallest absolute Gasteiger partial charge is 0.407 e. The van der Waals surface area contributed by atoms with Crippen LogP contribution in [0.15, 0.2) is 30.3 Å². The molecule has 12 nitrogen and oxygen atoms in total. The van der Waals surface area contributed by atoms with E-state index in [9.17, 15) is 14.4 Å². The quantitative estimate of drug-likeness (QED) is 0.252. The highest BCUT2D eigenvalue weighted by atomic mass is 16.6. The summed E-state index contributed by atoms with van der Waals surface area (Å²) in [6.07, 6.45) is 7.57. The van der Waals surface area contributed by atoms with Crippen molar-refractivity contribution in [1.29, 1.82) is 0 Å². The van der Waals surface area contributed by atoms with Crippen LogP contribution in [0.5, 0.6) is 5.88 Å². The van der Waals surface area contributed by atoms with Crippen molar-refractivity contribution in [2.24, 2.45) is 0 Å². The first kappa shape index (κ1) is 33.9. The van der Waals surface area contributed by atoms with Gasteiger partial charge in [0.2, 0.25) is 5.91 Å². The molecule has 7 heterocycles. The summed E-state index contributed by atoms with van der Waals surface area (Å²) >= 11 is 0. The summed E-state index contributed by atoms with van der Waals surface area (Å²) in [6, 6.07) is 9.44. The third kappa shape index (κ3) is 6.40. The second kappa shape index (κ2) is 13.3. The number of fused-ring (bicyclic) bond motifs is 4. The zero-order chi connectivity index (χ0) is 35.3. The van der Waals surface area contributed by atoms with Gasteiger partial charge in [-0.1, -0.05) is 19.3 Å². The monoisotopic (exact) mass is 683 g/mol. The molecule has 0 unspecified atom stereocenters. The lowest BCUT2D eigenvalue weighted by Gasteiger charge is -2.27. The van der Waals surface area contributed by atoms with E-state index >= 15 is 0 Å². The molecule has 0 aromatic carbocycles. The third-order valence-electron chi connectivity index (χ3n) is 10.5. The summed E-state index contributed by atoms with van der Waals surface area (Å²) in [6.45, 7) is 10.3. The normalized spacial score (nSPS) is 22.9. The van der Waals surface area contributed by atoms with Crippen LogP contribution in [0.25, 0.3) is 28.1 Å². The van der Waals surface area contributed by atoms with E-state index in [-0.39, 0.29) is 36.0 Å². The second-order valence-corrected chi connectivity index (χ2v) is 15.2. The number of alkyl carbamates (subject to hydrolysis) is 1. The molecule has 2 N–H and O–H groups in total. The molecule has 4 aromatic heterocycles. The second-order valence-electron chi connectivity index (χ2n) is 15.2. The van der Waals surface area contributed by atoms with Gasteiger partial charge in [-0.15, -0.1) is 0 Å². The van der Waals surface area contributed by atoms with Crippen LogP contribution in [0, 0.1) is 6.92 Å². The molecule has 0 spiro atoms. The molecule has 4 atom stereocenters. The molecule has 3 amide bonds. The van der Waals surface area contributed by atoms with Crippen LogP contribution in [-0.2, 0) is 16.1 Å². The number of pyridine rings is 2. The molecule has 4 bridgehead atoms. The van der Waals surface area contributed by atoms with Gasteiger partial charge in [-0.05, 0) is 91.0 Å². The number of ether oxygens (including phenoxy) is 2. The summed E-state index contributed by atoms with van der Waals surface area (Å²) in [5.41, 5.74) is 4.89. The SMILES string of the molecule is COc1cc(C(=O)N2[C@H]3CC[C@@H]2[C@H](NC(=O)OC(C)(C)C)C3)cc2nc(-c3cc4ccc5nc4n3CCCCCCCC(=O)N[C@@H]5C)c(C)n12. The van der Waals surface area contributed by atoms with Crippen molar-refractivity contribution < 1.29 is 23.9 Å². The fourth-order valence-electron chi connectivity index (χ4n) is 8.14. The Morgan fingerprint density at radius 2 is 1.80 bits per heavy atom. The van der Waals surface area contributed by atoms with E-state index < -0.39 is 11.7 Å². The van der Waals surface area contributed by atoms with Crippen LogP contribution < -0.4 is 15.4 Å². The molecular formula is C38H49N7O5. The fourth-order valence-corrected chi connectivity index (χ4v) is 8.14. The molecule has 7 rings (SSSR count). The predicted molar refractivity (Wildman–Crippen MR) is 190 cm³/mol. The standard InChI is InChI=1S/C38H49N7O5/c1-22-27-15-13-24-18-30(43(35(24)40-27)17-11-9-7-8-10-12-32(46)39-22)34-23(2)44-31(42-34)19-25(20-33(44)49-6)36(47)45-26-14-16-29(45)28(21-26)41-37(48)50-38(3,4)5/h13,15,18-20,22,26,28-29H,7-12,14,16-17,21H2,1-6H3,(H,39,46)(H,41,48)/t22-,26+,28-,29-/m1/s1. The Kier molecular flexibility index (Phi) is 8.98. The Labute approximate surface area is 292 Å². The van der Waals surface area contributed by atoms with E-state index in [1.54, 1.807) is 13.2 Å². The number of carbonyl (C=O) groups is 3. The van der Waals surface area contributed by atoms with Gasteiger partial charge in [-0.2, -0.15) is 0 Å². The highest BCUT2D eigenvalue weighted by Gasteiger charge is 2.49. The summed E-state index contributed by atoms with van der Waals surface area (Å²) in [7, 11) is 1.61. The molecule has 0 radical (unpaired) electrons. The van der Waals surface area contributed by atoms with Crippen LogP contribution in [0.3, 0.4) is 0 Å². The number of rotatable bonds is 4. The van der Waals surface area contributed by atoms with E-state index in [2.05, 4.69) is 27.3 Å². The van der Waals surface area contributed by atoms with Gasteiger partial charge in [0.05, 0.1) is 42.3 Å². The van der Waals surface area contributed by atoms with Gasteiger partial charge in [-0.3, -0.25) is 14.0 Å². The molecule has 0 aliphatic carbocycles. The van der Waals surface area contributed by atoms with Crippen molar-refractivity contribution in [1.82, 2.24) is 34.5 Å². The molecule has 3 aliphatic rings. The van der Waals surface area contributed by atoms with Crippen LogP contribution in [0.1, 0.15) is 113 Å². The number of carbonyl (C=O) groups excluding carboxylic acids is 3. The molecule has 12 heteroatoms. The Bertz CT molecular complexity index is 1960. The molecule has 50 heavy (non-hydrogen) atoms. The number of methoxy groups -OCH3 is 1. The first-order chi connectivity index (χ1) is 23.9. The first-order valence-electron chi connectivity index (χ1n) is 18.1. The van der Waals surface area contributed by atoms with E-state index in [0.29, 0.717) is 29.9 Å². The number of hydrogen-bond donors (Lipinski definition) is 2. The van der Waals surface area contributed by atoms with Crippen molar-refractivity contribution in [2.45, 2.75) is 129 Å². The average Bonchev–Trinajstić information content (AvgIpc) is 3.82. The zero-order valence-corrected chi connectivity index (χ0v) is 30.0. The van der Waals surface area contributed by atoms with Crippen LogP contribution in [0.2, 0.25) is 0 Å². The Morgan fingerprint density at radius 3 is 2.58 bits per heavy atom. The van der Waals surface area contributed by atoms with Gasteiger partial charge in [0.25, 0.3) is 5.91 Å². The van der Waals surface area contributed by atoms with Crippen molar-refractivity contribution in [2.75, 3.05) is 7.11 Å². The number of imidazole rings is 1. The minimum absolute atomic E-state index is 0.0462. The molecule has 3 aliphatic heterocycles. The van der Waals surface area contributed by atoms with Gasteiger partial charge in [0.1, 0.15) is 22.6 Å². The van der Waals surface area contributed by atoms with Crippen LogP contribution >= 0.6 is 0 Å².